The third-order valence-electron chi connectivity index (χ3n) is 2.51. The van der Waals surface area contributed by atoms with Crippen LogP contribution in [0.25, 0.3) is 0 Å². The number of benzene rings is 2. The Morgan fingerprint density at radius 3 is 2.10 bits per heavy atom. The molecule has 0 spiro atoms. The van der Waals surface area contributed by atoms with Crippen molar-refractivity contribution in [1.82, 2.24) is 0 Å². The van der Waals surface area contributed by atoms with Gasteiger partial charge in [0.2, 0.25) is 6.79 Å². The standard InChI is InChI=1S/C8H8O2.C7H7F.C2H6/c1-6-2-3-7-8(4-6)10-5-9-7;1-6-3-2-4-7(8)5-6;1-2/h2-4H,5H2,1H3;2-5H,1H3;1-2H3. The number of ether oxygens (including phenoxy) is 2. The Balaban J connectivity index is 0.000000182. The highest BCUT2D eigenvalue weighted by atomic mass is 19.1. The SMILES string of the molecule is CC.Cc1ccc2c(c1)OCO2.Cc1cccc(F)c1. The first-order valence-electron chi connectivity index (χ1n) is 6.73. The zero-order chi connectivity index (χ0) is 15.0. The van der Waals surface area contributed by atoms with Crippen LogP contribution in [0.1, 0.15) is 25.0 Å². The smallest absolute Gasteiger partial charge is 0.231 e. The van der Waals surface area contributed by atoms with E-state index in [-0.39, 0.29) is 5.82 Å². The predicted molar refractivity (Wildman–Crippen MR) is 79.8 cm³/mol. The normalized spacial score (nSPS) is 10.8. The molecule has 1 aliphatic rings. The Morgan fingerprint density at radius 2 is 1.50 bits per heavy atom. The molecule has 0 aromatic heterocycles. The second kappa shape index (κ2) is 8.20. The molecule has 0 radical (unpaired) electrons. The van der Waals surface area contributed by atoms with Crippen LogP contribution in [0, 0.1) is 19.7 Å². The quantitative estimate of drug-likeness (QED) is 0.682. The Bertz CT molecular complexity index is 521. The van der Waals surface area contributed by atoms with E-state index < -0.39 is 0 Å². The summed E-state index contributed by atoms with van der Waals surface area (Å²) in [5, 5.41) is 0. The van der Waals surface area contributed by atoms with Crippen LogP contribution in [-0.4, -0.2) is 6.79 Å². The molecular weight excluding hydrogens is 255 g/mol. The lowest BCUT2D eigenvalue weighted by atomic mass is 10.2. The number of halogens is 1. The van der Waals surface area contributed by atoms with Crippen LogP contribution in [0.2, 0.25) is 0 Å². The van der Waals surface area contributed by atoms with Crippen LogP contribution < -0.4 is 9.47 Å². The molecule has 0 aliphatic carbocycles. The van der Waals surface area contributed by atoms with Gasteiger partial charge >= 0.3 is 0 Å². The van der Waals surface area contributed by atoms with E-state index in [0.717, 1.165) is 17.1 Å². The molecule has 0 saturated carbocycles. The number of rotatable bonds is 0. The average Bonchev–Trinajstić information content (AvgIpc) is 2.89. The van der Waals surface area contributed by atoms with Gasteiger partial charge in [0.05, 0.1) is 0 Å². The van der Waals surface area contributed by atoms with Gasteiger partial charge in [-0.15, -0.1) is 0 Å². The van der Waals surface area contributed by atoms with E-state index in [4.69, 9.17) is 9.47 Å². The highest BCUT2D eigenvalue weighted by molar-refractivity contribution is 5.43. The highest BCUT2D eigenvalue weighted by Gasteiger charge is 2.11. The molecule has 1 heterocycles. The lowest BCUT2D eigenvalue weighted by Crippen LogP contribution is -1.92. The molecule has 2 aromatic rings. The van der Waals surface area contributed by atoms with Crippen molar-refractivity contribution < 1.29 is 13.9 Å². The van der Waals surface area contributed by atoms with Gasteiger partial charge in [-0.25, -0.2) is 4.39 Å². The summed E-state index contributed by atoms with van der Waals surface area (Å²) in [4.78, 5) is 0. The van der Waals surface area contributed by atoms with Gasteiger partial charge in [-0.1, -0.05) is 32.0 Å². The monoisotopic (exact) mass is 276 g/mol. The Kier molecular flexibility index (Phi) is 6.57. The first-order chi connectivity index (χ1) is 9.65. The Morgan fingerprint density at radius 1 is 0.850 bits per heavy atom. The van der Waals surface area contributed by atoms with Crippen LogP contribution in [-0.2, 0) is 0 Å². The van der Waals surface area contributed by atoms with Crippen LogP contribution in [0.3, 0.4) is 0 Å². The number of fused-ring (bicyclic) bond motifs is 1. The zero-order valence-corrected chi connectivity index (χ0v) is 12.4. The van der Waals surface area contributed by atoms with Crippen molar-refractivity contribution in [3.05, 3.63) is 59.4 Å². The molecule has 0 bridgehead atoms. The molecule has 108 valence electrons. The second-order valence-corrected chi connectivity index (χ2v) is 4.16. The van der Waals surface area contributed by atoms with Crippen molar-refractivity contribution in [2.24, 2.45) is 0 Å². The summed E-state index contributed by atoms with van der Waals surface area (Å²) in [7, 11) is 0. The lowest BCUT2D eigenvalue weighted by molar-refractivity contribution is 0.174. The summed E-state index contributed by atoms with van der Waals surface area (Å²) in [6, 6.07) is 12.4. The third kappa shape index (κ3) is 4.92. The van der Waals surface area contributed by atoms with E-state index in [1.54, 1.807) is 6.07 Å². The molecule has 0 fully saturated rings. The number of hydrogen-bond donors (Lipinski definition) is 0. The summed E-state index contributed by atoms with van der Waals surface area (Å²) in [5.74, 6) is 1.55. The highest BCUT2D eigenvalue weighted by Crippen LogP contribution is 2.31. The van der Waals surface area contributed by atoms with Crippen molar-refractivity contribution in [3.63, 3.8) is 0 Å². The van der Waals surface area contributed by atoms with Crippen LogP contribution in [0.4, 0.5) is 4.39 Å². The largest absolute Gasteiger partial charge is 0.454 e. The number of hydrogen-bond acceptors (Lipinski definition) is 2. The van der Waals surface area contributed by atoms with E-state index >= 15 is 0 Å². The van der Waals surface area contributed by atoms with Gasteiger partial charge in [0.25, 0.3) is 0 Å². The van der Waals surface area contributed by atoms with E-state index in [0.29, 0.717) is 6.79 Å². The first-order valence-corrected chi connectivity index (χ1v) is 6.73. The minimum absolute atomic E-state index is 0.162. The fraction of sp³-hybridized carbons (Fsp3) is 0.294. The van der Waals surface area contributed by atoms with E-state index in [1.807, 2.05) is 52.0 Å². The lowest BCUT2D eigenvalue weighted by Gasteiger charge is -1.94. The average molecular weight is 276 g/mol. The fourth-order valence-electron chi connectivity index (χ4n) is 1.61. The molecule has 20 heavy (non-hydrogen) atoms. The maximum Gasteiger partial charge on any atom is 0.231 e. The summed E-state index contributed by atoms with van der Waals surface area (Å²) in [5.41, 5.74) is 2.16. The van der Waals surface area contributed by atoms with Crippen molar-refractivity contribution in [2.75, 3.05) is 6.79 Å². The third-order valence-corrected chi connectivity index (χ3v) is 2.51. The van der Waals surface area contributed by atoms with Crippen LogP contribution in [0.15, 0.2) is 42.5 Å². The van der Waals surface area contributed by atoms with Gasteiger partial charge in [0.15, 0.2) is 11.5 Å². The van der Waals surface area contributed by atoms with Crippen molar-refractivity contribution in [2.45, 2.75) is 27.7 Å². The van der Waals surface area contributed by atoms with E-state index in [9.17, 15) is 4.39 Å². The second-order valence-electron chi connectivity index (χ2n) is 4.16. The molecule has 3 rings (SSSR count). The Hall–Kier alpha value is -2.03. The van der Waals surface area contributed by atoms with E-state index in [2.05, 4.69) is 0 Å². The molecule has 0 atom stereocenters. The van der Waals surface area contributed by atoms with Gasteiger partial charge in [-0.2, -0.15) is 0 Å². The summed E-state index contributed by atoms with van der Waals surface area (Å²) in [6.45, 7) is 8.25. The Labute approximate surface area is 120 Å². The van der Waals surface area contributed by atoms with Gasteiger partial charge in [0.1, 0.15) is 5.82 Å². The summed E-state index contributed by atoms with van der Waals surface area (Å²) in [6.07, 6.45) is 0. The first kappa shape index (κ1) is 16.0. The zero-order valence-electron chi connectivity index (χ0n) is 12.4. The molecule has 2 aromatic carbocycles. The minimum atomic E-state index is -0.162. The van der Waals surface area contributed by atoms with Crippen LogP contribution in [0.5, 0.6) is 11.5 Å². The fourth-order valence-corrected chi connectivity index (χ4v) is 1.61. The molecular formula is C17H21FO2. The molecule has 0 N–H and O–H groups in total. The summed E-state index contributed by atoms with van der Waals surface area (Å²) >= 11 is 0. The molecule has 3 heteroatoms. The van der Waals surface area contributed by atoms with Gasteiger partial charge in [0, 0.05) is 0 Å². The van der Waals surface area contributed by atoms with Crippen molar-refractivity contribution >= 4 is 0 Å². The predicted octanol–water partition coefficient (Wildman–Crippen LogP) is 4.88. The number of aryl methyl sites for hydroxylation is 2. The molecule has 0 saturated heterocycles. The topological polar surface area (TPSA) is 18.5 Å². The van der Waals surface area contributed by atoms with Gasteiger partial charge in [-0.05, 0) is 49.2 Å². The van der Waals surface area contributed by atoms with Crippen molar-refractivity contribution in [3.8, 4) is 11.5 Å². The molecule has 0 unspecified atom stereocenters. The minimum Gasteiger partial charge on any atom is -0.454 e. The van der Waals surface area contributed by atoms with Gasteiger partial charge in [-0.3, -0.25) is 0 Å². The molecule has 0 amide bonds. The molecule has 2 nitrogen and oxygen atoms in total. The maximum absolute atomic E-state index is 12.2. The van der Waals surface area contributed by atoms with Crippen LogP contribution >= 0.6 is 0 Å². The van der Waals surface area contributed by atoms with Crippen molar-refractivity contribution in [1.29, 1.82) is 0 Å². The van der Waals surface area contributed by atoms with E-state index in [1.165, 1.54) is 17.7 Å². The van der Waals surface area contributed by atoms with Gasteiger partial charge < -0.3 is 9.47 Å². The molecule has 1 aliphatic heterocycles. The maximum atomic E-state index is 12.2. The summed E-state index contributed by atoms with van der Waals surface area (Å²) < 4.78 is 22.5.